The molecule has 0 aliphatic heterocycles. The topological polar surface area (TPSA) is 29.9 Å². The van der Waals surface area contributed by atoms with Crippen LogP contribution in [0.3, 0.4) is 0 Å². The number of aryl methyl sites for hydroxylation is 2. The Morgan fingerprint density at radius 1 is 1.45 bits per heavy atom. The molecular weight excluding hydrogens is 334 g/mol. The zero-order valence-electron chi connectivity index (χ0n) is 12.5. The van der Waals surface area contributed by atoms with Crippen molar-refractivity contribution in [1.82, 2.24) is 15.1 Å². The van der Waals surface area contributed by atoms with Gasteiger partial charge in [-0.25, -0.2) is 0 Å². The third kappa shape index (κ3) is 3.32. The van der Waals surface area contributed by atoms with Crippen molar-refractivity contribution in [2.24, 2.45) is 7.05 Å². The molecule has 2 rings (SSSR count). The number of thiophene rings is 1. The van der Waals surface area contributed by atoms with Crippen LogP contribution in [0.1, 0.15) is 41.2 Å². The monoisotopic (exact) mass is 355 g/mol. The van der Waals surface area contributed by atoms with Crippen LogP contribution in [-0.4, -0.2) is 16.3 Å². The summed E-state index contributed by atoms with van der Waals surface area (Å²) in [7, 11) is 2.02. The highest BCUT2D eigenvalue weighted by molar-refractivity contribution is 9.10. The molecule has 110 valence electrons. The third-order valence-electron chi connectivity index (χ3n) is 3.63. The van der Waals surface area contributed by atoms with Gasteiger partial charge in [-0.15, -0.1) is 11.3 Å². The summed E-state index contributed by atoms with van der Waals surface area (Å²) >= 11 is 5.45. The van der Waals surface area contributed by atoms with Gasteiger partial charge in [-0.2, -0.15) is 5.10 Å². The summed E-state index contributed by atoms with van der Waals surface area (Å²) in [6.45, 7) is 7.49. The Labute approximate surface area is 133 Å². The summed E-state index contributed by atoms with van der Waals surface area (Å²) in [5.41, 5.74) is 3.73. The third-order valence-corrected chi connectivity index (χ3v) is 5.58. The van der Waals surface area contributed by atoms with Crippen molar-refractivity contribution in [3.8, 4) is 0 Å². The van der Waals surface area contributed by atoms with Crippen LogP contribution in [0.5, 0.6) is 0 Å². The molecule has 1 N–H and O–H groups in total. The first-order chi connectivity index (χ1) is 9.54. The molecule has 2 aromatic heterocycles. The lowest BCUT2D eigenvalue weighted by Crippen LogP contribution is -2.25. The van der Waals surface area contributed by atoms with Gasteiger partial charge in [0.15, 0.2) is 0 Å². The van der Waals surface area contributed by atoms with Crippen LogP contribution in [0.15, 0.2) is 15.9 Å². The van der Waals surface area contributed by atoms with Crippen molar-refractivity contribution < 1.29 is 0 Å². The fraction of sp³-hybridized carbons (Fsp3) is 0.533. The summed E-state index contributed by atoms with van der Waals surface area (Å²) in [6.07, 6.45) is 2.14. The predicted molar refractivity (Wildman–Crippen MR) is 89.4 cm³/mol. The number of nitrogens with zero attached hydrogens (tertiary/aromatic N) is 2. The molecule has 0 aromatic carbocycles. The van der Waals surface area contributed by atoms with Crippen molar-refractivity contribution in [2.45, 2.75) is 39.7 Å². The number of nitrogens with one attached hydrogen (secondary N) is 1. The summed E-state index contributed by atoms with van der Waals surface area (Å²) in [5, 5.41) is 10.4. The van der Waals surface area contributed by atoms with E-state index in [2.05, 4.69) is 58.6 Å². The van der Waals surface area contributed by atoms with Gasteiger partial charge in [-0.3, -0.25) is 4.68 Å². The second-order valence-electron chi connectivity index (χ2n) is 5.11. The molecular formula is C15H22BrN3S. The van der Waals surface area contributed by atoms with Crippen LogP contribution >= 0.6 is 27.3 Å². The van der Waals surface area contributed by atoms with E-state index in [4.69, 9.17) is 0 Å². The van der Waals surface area contributed by atoms with Crippen molar-refractivity contribution in [2.75, 3.05) is 6.54 Å². The van der Waals surface area contributed by atoms with Crippen LogP contribution in [0.2, 0.25) is 0 Å². The minimum atomic E-state index is 0.332. The van der Waals surface area contributed by atoms with Crippen LogP contribution in [0.4, 0.5) is 0 Å². The maximum Gasteiger partial charge on any atom is 0.0644 e. The van der Waals surface area contributed by atoms with E-state index in [0.29, 0.717) is 6.04 Å². The SMILES string of the molecule is CCCNC(Cc1sccc1Br)c1c(C)nn(C)c1C. The summed E-state index contributed by atoms with van der Waals surface area (Å²) in [5.74, 6) is 0. The molecule has 20 heavy (non-hydrogen) atoms. The molecule has 0 saturated carbocycles. The van der Waals surface area contributed by atoms with E-state index in [0.717, 1.165) is 25.1 Å². The normalized spacial score (nSPS) is 12.8. The molecule has 0 fully saturated rings. The van der Waals surface area contributed by atoms with Crippen LogP contribution in [0, 0.1) is 13.8 Å². The molecule has 0 spiro atoms. The van der Waals surface area contributed by atoms with Crippen LogP contribution < -0.4 is 5.32 Å². The molecule has 3 nitrogen and oxygen atoms in total. The Kier molecular flexibility index (Phi) is 5.41. The van der Waals surface area contributed by atoms with E-state index in [1.165, 1.54) is 20.6 Å². The molecule has 0 saturated heterocycles. The highest BCUT2D eigenvalue weighted by atomic mass is 79.9. The number of rotatable bonds is 6. The average Bonchev–Trinajstić information content (AvgIpc) is 2.91. The van der Waals surface area contributed by atoms with Crippen molar-refractivity contribution in [1.29, 1.82) is 0 Å². The fourth-order valence-electron chi connectivity index (χ4n) is 2.55. The van der Waals surface area contributed by atoms with E-state index in [1.807, 2.05) is 23.1 Å². The molecule has 0 radical (unpaired) electrons. The van der Waals surface area contributed by atoms with E-state index in [-0.39, 0.29) is 0 Å². The lowest BCUT2D eigenvalue weighted by molar-refractivity contribution is 0.526. The van der Waals surface area contributed by atoms with Gasteiger partial charge in [0.1, 0.15) is 0 Å². The van der Waals surface area contributed by atoms with Gasteiger partial charge >= 0.3 is 0 Å². The van der Waals surface area contributed by atoms with E-state index >= 15 is 0 Å². The Morgan fingerprint density at radius 3 is 2.70 bits per heavy atom. The zero-order valence-corrected chi connectivity index (χ0v) is 14.9. The molecule has 0 aliphatic rings. The molecule has 1 unspecified atom stereocenters. The molecule has 2 aromatic rings. The molecule has 1 atom stereocenters. The Hall–Kier alpha value is -0.650. The fourth-order valence-corrected chi connectivity index (χ4v) is 4.11. The van der Waals surface area contributed by atoms with Gasteiger partial charge < -0.3 is 5.32 Å². The summed E-state index contributed by atoms with van der Waals surface area (Å²) < 4.78 is 3.19. The van der Waals surface area contributed by atoms with Gasteiger partial charge in [0.25, 0.3) is 0 Å². The van der Waals surface area contributed by atoms with E-state index < -0.39 is 0 Å². The van der Waals surface area contributed by atoms with Gasteiger partial charge in [0, 0.05) is 40.1 Å². The first-order valence-corrected chi connectivity index (χ1v) is 8.67. The number of halogens is 1. The van der Waals surface area contributed by atoms with Gasteiger partial charge in [-0.1, -0.05) is 6.92 Å². The minimum absolute atomic E-state index is 0.332. The smallest absolute Gasteiger partial charge is 0.0644 e. The maximum atomic E-state index is 4.56. The average molecular weight is 356 g/mol. The van der Waals surface area contributed by atoms with Gasteiger partial charge in [0.05, 0.1) is 5.69 Å². The first kappa shape index (κ1) is 15.7. The van der Waals surface area contributed by atoms with Gasteiger partial charge in [0.2, 0.25) is 0 Å². The quantitative estimate of drug-likeness (QED) is 0.843. The van der Waals surface area contributed by atoms with Crippen molar-refractivity contribution >= 4 is 27.3 Å². The van der Waals surface area contributed by atoms with Gasteiger partial charge in [-0.05, 0) is 54.2 Å². The molecule has 0 bridgehead atoms. The number of hydrogen-bond donors (Lipinski definition) is 1. The number of hydrogen-bond acceptors (Lipinski definition) is 3. The first-order valence-electron chi connectivity index (χ1n) is 7.00. The Balaban J connectivity index is 2.29. The molecule has 2 heterocycles. The summed E-state index contributed by atoms with van der Waals surface area (Å²) in [6, 6.07) is 2.46. The Morgan fingerprint density at radius 2 is 2.20 bits per heavy atom. The number of aromatic nitrogens is 2. The summed E-state index contributed by atoms with van der Waals surface area (Å²) in [4.78, 5) is 1.39. The highest BCUT2D eigenvalue weighted by Crippen LogP contribution is 2.30. The highest BCUT2D eigenvalue weighted by Gasteiger charge is 2.21. The molecule has 0 aliphatic carbocycles. The molecule has 0 amide bonds. The van der Waals surface area contributed by atoms with E-state index in [9.17, 15) is 0 Å². The van der Waals surface area contributed by atoms with Crippen molar-refractivity contribution in [3.63, 3.8) is 0 Å². The van der Waals surface area contributed by atoms with Crippen LogP contribution in [-0.2, 0) is 13.5 Å². The zero-order chi connectivity index (χ0) is 14.7. The second kappa shape index (κ2) is 6.87. The molecule has 5 heteroatoms. The Bertz CT molecular complexity index is 574. The second-order valence-corrected chi connectivity index (χ2v) is 6.97. The van der Waals surface area contributed by atoms with Crippen molar-refractivity contribution in [3.05, 3.63) is 37.7 Å². The lowest BCUT2D eigenvalue weighted by Gasteiger charge is -2.19. The maximum absolute atomic E-state index is 4.56. The van der Waals surface area contributed by atoms with E-state index in [1.54, 1.807) is 0 Å². The van der Waals surface area contributed by atoms with Crippen LogP contribution in [0.25, 0.3) is 0 Å². The lowest BCUT2D eigenvalue weighted by atomic mass is 10.0. The standard InChI is InChI=1S/C15H22BrN3S/c1-5-7-17-13(9-14-12(16)6-8-20-14)15-10(2)18-19(4)11(15)3/h6,8,13,17H,5,7,9H2,1-4H3. The predicted octanol–water partition coefficient (Wildman–Crippen LogP) is 4.14. The largest absolute Gasteiger partial charge is 0.310 e. The minimum Gasteiger partial charge on any atom is -0.310 e.